The number of likely N-dealkylation sites (tertiary alicyclic amines) is 1. The Kier molecular flexibility index (Phi) is 5.61. The average molecular weight is 293 g/mol. The molecule has 2 saturated carbocycles. The van der Waals surface area contributed by atoms with Gasteiger partial charge >= 0.3 is 0 Å². The van der Waals surface area contributed by atoms with Crippen molar-refractivity contribution < 1.29 is 0 Å². The summed E-state index contributed by atoms with van der Waals surface area (Å²) in [5.74, 6) is 2.03. The smallest absolute Gasteiger partial charge is 0.0255 e. The molecule has 2 heteroatoms. The molecule has 0 radical (unpaired) electrons. The highest BCUT2D eigenvalue weighted by Gasteiger charge is 2.42. The molecule has 1 heterocycles. The topological polar surface area (TPSA) is 15.3 Å². The second-order valence-electron chi connectivity index (χ2n) is 7.84. The number of fused-ring (bicyclic) bond motifs is 1. The molecular weight excluding hydrogens is 256 g/mol. The lowest BCUT2D eigenvalue weighted by molar-refractivity contribution is 0.0191. The van der Waals surface area contributed by atoms with E-state index in [0.29, 0.717) is 0 Å². The van der Waals surface area contributed by atoms with Crippen molar-refractivity contribution in [2.24, 2.45) is 11.8 Å². The Balaban J connectivity index is 1.70. The first-order chi connectivity index (χ1) is 10.3. The highest BCUT2D eigenvalue weighted by atomic mass is 15.2. The fraction of sp³-hybridized carbons (Fsp3) is 1.00. The fourth-order valence-electron chi connectivity index (χ4n) is 5.67. The SMILES string of the molecule is CCCC1CCC(NCC)C(N2CCCC3CCCC32)C1. The van der Waals surface area contributed by atoms with E-state index >= 15 is 0 Å². The summed E-state index contributed by atoms with van der Waals surface area (Å²) in [7, 11) is 0. The minimum absolute atomic E-state index is 0.766. The summed E-state index contributed by atoms with van der Waals surface area (Å²) in [5, 5.41) is 3.83. The molecule has 122 valence electrons. The molecule has 0 aromatic carbocycles. The third-order valence-electron chi connectivity index (χ3n) is 6.55. The van der Waals surface area contributed by atoms with E-state index in [9.17, 15) is 0 Å². The van der Waals surface area contributed by atoms with Crippen molar-refractivity contribution in [1.82, 2.24) is 10.2 Å². The van der Waals surface area contributed by atoms with Crippen LogP contribution in [-0.4, -0.2) is 36.1 Å². The first-order valence-electron chi connectivity index (χ1n) is 9.82. The van der Waals surface area contributed by atoms with Crippen molar-refractivity contribution in [2.45, 2.75) is 96.2 Å². The van der Waals surface area contributed by atoms with Gasteiger partial charge in [-0.05, 0) is 69.9 Å². The van der Waals surface area contributed by atoms with Crippen LogP contribution in [0.5, 0.6) is 0 Å². The van der Waals surface area contributed by atoms with Crippen LogP contribution in [0.2, 0.25) is 0 Å². The fourth-order valence-corrected chi connectivity index (χ4v) is 5.67. The van der Waals surface area contributed by atoms with E-state index in [0.717, 1.165) is 36.5 Å². The standard InChI is InChI=1S/C19H36N2/c1-3-7-15-11-12-17(20-4-2)19(14-15)21-13-6-9-16-8-5-10-18(16)21/h15-20H,3-14H2,1-2H3. The number of nitrogens with one attached hydrogen (secondary N) is 1. The Morgan fingerprint density at radius 3 is 2.62 bits per heavy atom. The van der Waals surface area contributed by atoms with E-state index in [4.69, 9.17) is 0 Å². The normalized spacial score (nSPS) is 41.1. The van der Waals surface area contributed by atoms with E-state index < -0.39 is 0 Å². The molecule has 1 N–H and O–H groups in total. The van der Waals surface area contributed by atoms with Crippen molar-refractivity contribution >= 4 is 0 Å². The summed E-state index contributed by atoms with van der Waals surface area (Å²) in [6.45, 7) is 7.16. The van der Waals surface area contributed by atoms with Crippen LogP contribution in [0.3, 0.4) is 0 Å². The molecule has 0 amide bonds. The Hall–Kier alpha value is -0.0800. The molecule has 5 atom stereocenters. The molecule has 5 unspecified atom stereocenters. The van der Waals surface area contributed by atoms with Gasteiger partial charge in [0, 0.05) is 18.1 Å². The number of rotatable bonds is 5. The Bertz CT molecular complexity index is 317. The Labute approximate surface area is 132 Å². The third kappa shape index (κ3) is 3.47. The largest absolute Gasteiger partial charge is 0.313 e. The molecule has 3 aliphatic rings. The zero-order valence-electron chi connectivity index (χ0n) is 14.3. The number of hydrogen-bond acceptors (Lipinski definition) is 2. The number of nitrogens with zero attached hydrogens (tertiary/aromatic N) is 1. The van der Waals surface area contributed by atoms with Gasteiger partial charge in [0.05, 0.1) is 0 Å². The van der Waals surface area contributed by atoms with Crippen molar-refractivity contribution in [3.8, 4) is 0 Å². The zero-order valence-corrected chi connectivity index (χ0v) is 14.3. The van der Waals surface area contributed by atoms with E-state index in [-0.39, 0.29) is 0 Å². The summed E-state index contributed by atoms with van der Waals surface area (Å²) < 4.78 is 0. The second kappa shape index (κ2) is 7.46. The lowest BCUT2D eigenvalue weighted by Crippen LogP contribution is -2.58. The molecule has 2 nitrogen and oxygen atoms in total. The van der Waals surface area contributed by atoms with Crippen molar-refractivity contribution in [2.75, 3.05) is 13.1 Å². The van der Waals surface area contributed by atoms with Gasteiger partial charge in [0.2, 0.25) is 0 Å². The first kappa shape index (κ1) is 15.8. The summed E-state index contributed by atoms with van der Waals surface area (Å²) in [6, 6.07) is 2.54. The van der Waals surface area contributed by atoms with Crippen LogP contribution in [0, 0.1) is 11.8 Å². The zero-order chi connectivity index (χ0) is 14.7. The van der Waals surface area contributed by atoms with Crippen LogP contribution < -0.4 is 5.32 Å². The van der Waals surface area contributed by atoms with Crippen molar-refractivity contribution in [3.63, 3.8) is 0 Å². The maximum atomic E-state index is 3.83. The number of piperidine rings is 1. The summed E-state index contributed by atoms with van der Waals surface area (Å²) in [4.78, 5) is 2.98. The maximum Gasteiger partial charge on any atom is 0.0255 e. The molecule has 3 rings (SSSR count). The summed E-state index contributed by atoms with van der Waals surface area (Å²) in [5.41, 5.74) is 0. The van der Waals surface area contributed by atoms with Gasteiger partial charge in [0.1, 0.15) is 0 Å². The van der Waals surface area contributed by atoms with Crippen LogP contribution in [0.25, 0.3) is 0 Å². The summed E-state index contributed by atoms with van der Waals surface area (Å²) >= 11 is 0. The minimum Gasteiger partial charge on any atom is -0.313 e. The van der Waals surface area contributed by atoms with Gasteiger partial charge in [-0.1, -0.05) is 33.1 Å². The lowest BCUT2D eigenvalue weighted by atomic mass is 9.77. The maximum absolute atomic E-state index is 3.83. The number of hydrogen-bond donors (Lipinski definition) is 1. The highest BCUT2D eigenvalue weighted by Crippen LogP contribution is 2.41. The van der Waals surface area contributed by atoms with Gasteiger partial charge in [0.25, 0.3) is 0 Å². The van der Waals surface area contributed by atoms with E-state index in [1.54, 1.807) is 0 Å². The van der Waals surface area contributed by atoms with Crippen LogP contribution >= 0.6 is 0 Å². The van der Waals surface area contributed by atoms with Gasteiger partial charge in [0.15, 0.2) is 0 Å². The average Bonchev–Trinajstić information content (AvgIpc) is 2.98. The number of likely N-dealkylation sites (N-methyl/N-ethyl adjacent to an activating group) is 1. The molecule has 0 aromatic rings. The van der Waals surface area contributed by atoms with Crippen molar-refractivity contribution in [3.05, 3.63) is 0 Å². The van der Waals surface area contributed by atoms with E-state index in [1.807, 2.05) is 0 Å². The molecule has 0 aromatic heterocycles. The van der Waals surface area contributed by atoms with Crippen LogP contribution in [0.15, 0.2) is 0 Å². The van der Waals surface area contributed by atoms with Gasteiger partial charge in [-0.25, -0.2) is 0 Å². The Morgan fingerprint density at radius 2 is 1.81 bits per heavy atom. The molecule has 2 aliphatic carbocycles. The van der Waals surface area contributed by atoms with E-state index in [2.05, 4.69) is 24.1 Å². The lowest BCUT2D eigenvalue weighted by Gasteiger charge is -2.49. The first-order valence-corrected chi connectivity index (χ1v) is 9.82. The molecule has 0 spiro atoms. The van der Waals surface area contributed by atoms with Gasteiger partial charge in [-0.2, -0.15) is 0 Å². The molecule has 0 bridgehead atoms. The van der Waals surface area contributed by atoms with Gasteiger partial charge in [-0.15, -0.1) is 0 Å². The minimum atomic E-state index is 0.766. The molecule has 21 heavy (non-hydrogen) atoms. The van der Waals surface area contributed by atoms with Crippen molar-refractivity contribution in [1.29, 1.82) is 0 Å². The second-order valence-corrected chi connectivity index (χ2v) is 7.84. The van der Waals surface area contributed by atoms with Crippen LogP contribution in [0.4, 0.5) is 0 Å². The van der Waals surface area contributed by atoms with Crippen LogP contribution in [0.1, 0.15) is 78.1 Å². The molecule has 1 saturated heterocycles. The molecule has 3 fully saturated rings. The Morgan fingerprint density at radius 1 is 0.952 bits per heavy atom. The molecular formula is C19H36N2. The van der Waals surface area contributed by atoms with Crippen LogP contribution in [-0.2, 0) is 0 Å². The predicted octanol–water partition coefficient (Wildman–Crippen LogP) is 4.20. The quantitative estimate of drug-likeness (QED) is 0.817. The highest BCUT2D eigenvalue weighted by molar-refractivity contribution is 4.98. The van der Waals surface area contributed by atoms with E-state index in [1.165, 1.54) is 70.8 Å². The van der Waals surface area contributed by atoms with Gasteiger partial charge < -0.3 is 5.32 Å². The summed E-state index contributed by atoms with van der Waals surface area (Å²) in [6.07, 6.45) is 14.6. The van der Waals surface area contributed by atoms with Gasteiger partial charge in [-0.3, -0.25) is 4.90 Å². The molecule has 1 aliphatic heterocycles. The monoisotopic (exact) mass is 292 g/mol. The third-order valence-corrected chi connectivity index (χ3v) is 6.55. The predicted molar refractivity (Wildman–Crippen MR) is 90.6 cm³/mol.